The lowest BCUT2D eigenvalue weighted by atomic mass is 9.61. The number of aliphatic hydroxyl groups is 2. The summed E-state index contributed by atoms with van der Waals surface area (Å²) >= 11 is 0. The highest BCUT2D eigenvalue weighted by molar-refractivity contribution is 5.96. The third kappa shape index (κ3) is 17.6. The normalized spacial score (nSPS) is 27.5. The molecule has 0 amide bonds. The highest BCUT2D eigenvalue weighted by atomic mass is 16.6. The van der Waals surface area contributed by atoms with Crippen molar-refractivity contribution in [2.45, 2.75) is 234 Å². The first kappa shape index (κ1) is 54.1. The van der Waals surface area contributed by atoms with Crippen molar-refractivity contribution in [3.63, 3.8) is 0 Å². The molecule has 2 aliphatic carbocycles. The van der Waals surface area contributed by atoms with E-state index >= 15 is 0 Å². The summed E-state index contributed by atoms with van der Waals surface area (Å²) in [5.41, 5.74) is 5.30. The van der Waals surface area contributed by atoms with E-state index in [0.717, 1.165) is 35.1 Å². The average molecular weight is 869 g/mol. The summed E-state index contributed by atoms with van der Waals surface area (Å²) < 4.78 is 12.5. The van der Waals surface area contributed by atoms with Crippen LogP contribution in [-0.4, -0.2) is 51.0 Å². The zero-order valence-corrected chi connectivity index (χ0v) is 41.7. The lowest BCUT2D eigenvalue weighted by Crippen LogP contribution is -2.49. The van der Waals surface area contributed by atoms with E-state index in [0.29, 0.717) is 44.1 Å². The molecule has 0 aromatic carbocycles. The van der Waals surface area contributed by atoms with Crippen LogP contribution in [0.4, 0.5) is 0 Å². The topological polar surface area (TPSA) is 96.4 Å². The number of ketones is 1. The van der Waals surface area contributed by atoms with Crippen LogP contribution in [0.2, 0.25) is 0 Å². The van der Waals surface area contributed by atoms with Crippen LogP contribution in [0.25, 0.3) is 0 Å². The van der Waals surface area contributed by atoms with Gasteiger partial charge in [-0.2, -0.15) is 0 Å². The average Bonchev–Trinajstić information content (AvgIpc) is 3.80. The fourth-order valence-corrected chi connectivity index (χ4v) is 10.2. The maximum Gasteiger partial charge on any atom is 0.306 e. The molecular formula is C57H88O6. The lowest BCUT2D eigenvalue weighted by molar-refractivity contribution is -0.153. The molecule has 63 heavy (non-hydrogen) atoms. The van der Waals surface area contributed by atoms with E-state index in [-0.39, 0.29) is 28.7 Å². The number of aliphatic hydroxyl groups excluding tert-OH is 1. The van der Waals surface area contributed by atoms with Crippen LogP contribution >= 0.6 is 0 Å². The summed E-state index contributed by atoms with van der Waals surface area (Å²) in [4.78, 5) is 26.4. The Morgan fingerprint density at radius 3 is 1.71 bits per heavy atom. The van der Waals surface area contributed by atoms with Gasteiger partial charge in [0.2, 0.25) is 0 Å². The number of epoxide rings is 1. The molecule has 0 bridgehead atoms. The molecule has 3 rings (SSSR count). The number of esters is 1. The zero-order chi connectivity index (χ0) is 46.7. The van der Waals surface area contributed by atoms with Gasteiger partial charge in [0.05, 0.1) is 17.3 Å². The lowest BCUT2D eigenvalue weighted by Gasteiger charge is -2.43. The van der Waals surface area contributed by atoms with Gasteiger partial charge in [-0.25, -0.2) is 0 Å². The molecule has 0 aromatic heterocycles. The van der Waals surface area contributed by atoms with Gasteiger partial charge in [-0.05, 0) is 83.4 Å². The minimum atomic E-state index is -1.07. The largest absolute Gasteiger partial charge is 0.462 e. The van der Waals surface area contributed by atoms with Crippen LogP contribution in [0, 0.1) is 10.8 Å². The van der Waals surface area contributed by atoms with Crippen LogP contribution in [0.3, 0.4) is 0 Å². The molecule has 6 heteroatoms. The minimum absolute atomic E-state index is 0.0834. The Kier molecular flexibility index (Phi) is 21.8. The quantitative estimate of drug-likeness (QED) is 0.0224. The number of carbonyl (C=O) groups is 2. The van der Waals surface area contributed by atoms with Gasteiger partial charge in [0, 0.05) is 36.7 Å². The van der Waals surface area contributed by atoms with E-state index < -0.39 is 22.9 Å². The van der Waals surface area contributed by atoms with E-state index in [1.54, 1.807) is 6.92 Å². The summed E-state index contributed by atoms with van der Waals surface area (Å²) in [6, 6.07) is 0. The maximum absolute atomic E-state index is 13.5. The van der Waals surface area contributed by atoms with Crippen molar-refractivity contribution in [2.24, 2.45) is 10.8 Å². The number of rotatable bonds is 26. The van der Waals surface area contributed by atoms with Gasteiger partial charge in [-0.15, -0.1) is 5.73 Å². The zero-order valence-electron chi connectivity index (χ0n) is 41.7. The van der Waals surface area contributed by atoms with Gasteiger partial charge in [0.25, 0.3) is 0 Å². The second-order valence-corrected chi connectivity index (χ2v) is 21.1. The number of carbonyl (C=O) groups excluding carboxylic acids is 2. The van der Waals surface area contributed by atoms with Crippen LogP contribution < -0.4 is 0 Å². The summed E-state index contributed by atoms with van der Waals surface area (Å²) in [6.07, 6.45) is 42.3. The summed E-state index contributed by atoms with van der Waals surface area (Å²) in [5.74, 6) is -0.0193. The number of Topliss-reactive ketones (excluding diaryl/α,β-unsaturated/α-hetero) is 1. The van der Waals surface area contributed by atoms with E-state index in [1.165, 1.54) is 77.0 Å². The molecule has 0 spiro atoms. The Morgan fingerprint density at radius 1 is 0.683 bits per heavy atom. The minimum Gasteiger partial charge on any atom is -0.462 e. The predicted molar refractivity (Wildman–Crippen MR) is 263 cm³/mol. The Balaban J connectivity index is 1.39. The Morgan fingerprint density at radius 2 is 1.19 bits per heavy atom. The number of allylic oxidation sites excluding steroid dienone is 14. The maximum atomic E-state index is 13.5. The number of ether oxygens (including phenoxy) is 2. The van der Waals surface area contributed by atoms with E-state index in [9.17, 15) is 19.8 Å². The van der Waals surface area contributed by atoms with Gasteiger partial charge < -0.3 is 19.7 Å². The molecular weight excluding hydrogens is 781 g/mol. The number of hydrogen-bond donors (Lipinski definition) is 2. The van der Waals surface area contributed by atoms with Crippen LogP contribution in [0.1, 0.15) is 205 Å². The molecule has 1 saturated heterocycles. The standard InChI is InChI=1S/C57H88O6/c1-12-13-14-15-16-17-18-19-20-21-22-23-24-25-36-52(60)62-49-41-54(8,9)57(56(11,42-49)63-57)43-50(59)47(5)35-29-34-45(3)31-27-26-30-44(2)32-28-33-46(4)37-38-51-53(6,7)39-48(58)40-55(51,10)61/h26-35,37,48-49,58,61H,12-25,36,39-43H2,1-11H3/b27-26+,32-28+,34-29+,44-30+,45-31+,46-33+,47-35+/t38?,48-,49-,55+,56+,57-/m0/s1. The predicted octanol–water partition coefficient (Wildman–Crippen LogP) is 14.5. The molecule has 3 aliphatic rings. The molecule has 352 valence electrons. The summed E-state index contributed by atoms with van der Waals surface area (Å²) in [5, 5.41) is 21.1. The first-order valence-corrected chi connectivity index (χ1v) is 24.7. The molecule has 2 N–H and O–H groups in total. The monoisotopic (exact) mass is 869 g/mol. The Bertz CT molecular complexity index is 1760. The third-order valence-electron chi connectivity index (χ3n) is 13.8. The summed E-state index contributed by atoms with van der Waals surface area (Å²) in [6.45, 7) is 22.5. The molecule has 1 aliphatic heterocycles. The second-order valence-electron chi connectivity index (χ2n) is 21.1. The van der Waals surface area contributed by atoms with E-state index in [4.69, 9.17) is 9.47 Å². The van der Waals surface area contributed by atoms with E-state index in [2.05, 4.69) is 40.3 Å². The van der Waals surface area contributed by atoms with Gasteiger partial charge in [0.1, 0.15) is 11.7 Å². The number of fused-ring (bicyclic) bond motifs is 1. The van der Waals surface area contributed by atoms with Crippen molar-refractivity contribution in [1.82, 2.24) is 0 Å². The Hall–Kier alpha value is -3.28. The number of unbranched alkanes of at least 4 members (excludes halogenated alkanes) is 13. The SMILES string of the molecule is CCCCCCCCCCCCCCCCC(=O)O[C@H]1CC(C)(C)[C@]2(CC(=O)/C(C)=C/C=C/C(C)=C/C=C/C=C(C)/C=C/C=C(\C)C=C=C3C(C)(C)C[C@H](O)C[C@@]3(C)O)O[C@]2(C)C1. The van der Waals surface area contributed by atoms with Crippen molar-refractivity contribution in [3.8, 4) is 0 Å². The molecule has 0 radical (unpaired) electrons. The van der Waals surface area contributed by atoms with Crippen LogP contribution in [-0.2, 0) is 19.1 Å². The van der Waals surface area contributed by atoms with Crippen LogP contribution in [0.5, 0.6) is 0 Å². The van der Waals surface area contributed by atoms with Crippen molar-refractivity contribution in [1.29, 1.82) is 0 Å². The number of hydrogen-bond acceptors (Lipinski definition) is 6. The first-order valence-electron chi connectivity index (χ1n) is 24.7. The van der Waals surface area contributed by atoms with Gasteiger partial charge in [0.15, 0.2) is 5.78 Å². The molecule has 0 unspecified atom stereocenters. The third-order valence-corrected chi connectivity index (χ3v) is 13.8. The fraction of sp³-hybridized carbons (Fsp3) is 0.667. The van der Waals surface area contributed by atoms with Gasteiger partial charge in [-0.1, -0.05) is 190 Å². The van der Waals surface area contributed by atoms with Crippen LogP contribution in [0.15, 0.2) is 100 Å². The highest BCUT2D eigenvalue weighted by Crippen LogP contribution is 2.67. The van der Waals surface area contributed by atoms with Gasteiger partial charge in [-0.3, -0.25) is 9.59 Å². The molecule has 2 saturated carbocycles. The molecule has 0 aromatic rings. The second kappa shape index (κ2) is 25.4. The van der Waals surface area contributed by atoms with Crippen molar-refractivity contribution in [3.05, 3.63) is 100 Å². The highest BCUT2D eigenvalue weighted by Gasteiger charge is 2.76. The van der Waals surface area contributed by atoms with Crippen molar-refractivity contribution < 1.29 is 29.3 Å². The first-order chi connectivity index (χ1) is 29.7. The van der Waals surface area contributed by atoms with Gasteiger partial charge >= 0.3 is 5.97 Å². The molecule has 5 atom stereocenters. The molecule has 3 fully saturated rings. The van der Waals surface area contributed by atoms with Crippen molar-refractivity contribution in [2.75, 3.05) is 0 Å². The summed E-state index contributed by atoms with van der Waals surface area (Å²) in [7, 11) is 0. The Labute approximate surface area is 384 Å². The smallest absolute Gasteiger partial charge is 0.306 e. The molecule has 1 heterocycles. The van der Waals surface area contributed by atoms with E-state index in [1.807, 2.05) is 101 Å². The molecule has 6 nitrogen and oxygen atoms in total. The fourth-order valence-electron chi connectivity index (χ4n) is 10.2. The van der Waals surface area contributed by atoms with Crippen molar-refractivity contribution >= 4 is 11.8 Å².